The Morgan fingerprint density at radius 3 is 2.54 bits per heavy atom. The Bertz CT molecular complexity index is 190. The van der Waals surface area contributed by atoms with Crippen LogP contribution in [0.3, 0.4) is 0 Å². The molecule has 76 valence electrons. The highest BCUT2D eigenvalue weighted by Crippen LogP contribution is 1.91. The van der Waals surface area contributed by atoms with Gasteiger partial charge in [0.2, 0.25) is 5.91 Å². The molecule has 0 saturated heterocycles. The van der Waals surface area contributed by atoms with Gasteiger partial charge in [-0.2, -0.15) is 0 Å². The van der Waals surface area contributed by atoms with Crippen LogP contribution in [-0.2, 0) is 4.79 Å². The highest BCUT2D eigenvalue weighted by atomic mass is 35.5. The molecule has 0 aliphatic heterocycles. The maximum absolute atomic E-state index is 11.1. The van der Waals surface area contributed by atoms with E-state index in [0.29, 0.717) is 13.1 Å². The van der Waals surface area contributed by atoms with Gasteiger partial charge in [0.1, 0.15) is 0 Å². The van der Waals surface area contributed by atoms with Crippen molar-refractivity contribution in [3.8, 4) is 0 Å². The fourth-order valence-corrected chi connectivity index (χ4v) is 0.862. The van der Waals surface area contributed by atoms with Crippen molar-refractivity contribution in [3.05, 3.63) is 11.1 Å². The van der Waals surface area contributed by atoms with Crippen LogP contribution in [0.25, 0.3) is 0 Å². The first-order valence-electron chi connectivity index (χ1n) is 4.32. The molecule has 0 aromatic carbocycles. The summed E-state index contributed by atoms with van der Waals surface area (Å²) in [7, 11) is 0. The van der Waals surface area contributed by atoms with Crippen LogP contribution in [0.2, 0.25) is 0 Å². The van der Waals surface area contributed by atoms with E-state index in [9.17, 15) is 4.79 Å². The first-order chi connectivity index (χ1) is 6.06. The molecule has 0 atom stereocenters. The summed E-state index contributed by atoms with van der Waals surface area (Å²) in [5, 5.41) is 5.76. The molecule has 0 rings (SSSR count). The zero-order valence-corrected chi connectivity index (χ0v) is 9.11. The second kappa shape index (κ2) is 6.92. The predicted molar refractivity (Wildman–Crippen MR) is 55.8 cm³/mol. The van der Waals surface area contributed by atoms with Crippen LogP contribution < -0.4 is 10.6 Å². The topological polar surface area (TPSA) is 41.1 Å². The standard InChI is InChI=1S/C9H17ClN2O/c1-7(2)12-9(13)6-11-5-8(3)4-10/h4,7,11H,5-6H2,1-3H3,(H,12,13). The summed E-state index contributed by atoms with van der Waals surface area (Å²) >= 11 is 5.45. The molecule has 1 amide bonds. The molecule has 0 aliphatic rings. The number of carbonyl (C=O) groups excluding carboxylic acids is 1. The summed E-state index contributed by atoms with van der Waals surface area (Å²) in [6.07, 6.45) is 0. The average Bonchev–Trinajstić information content (AvgIpc) is 2.02. The monoisotopic (exact) mass is 204 g/mol. The zero-order valence-electron chi connectivity index (χ0n) is 8.36. The number of hydrogen-bond acceptors (Lipinski definition) is 2. The number of hydrogen-bond donors (Lipinski definition) is 2. The third-order valence-electron chi connectivity index (χ3n) is 1.33. The van der Waals surface area contributed by atoms with E-state index in [1.54, 1.807) is 0 Å². The van der Waals surface area contributed by atoms with Crippen molar-refractivity contribution >= 4 is 17.5 Å². The van der Waals surface area contributed by atoms with Crippen LogP contribution >= 0.6 is 11.6 Å². The summed E-state index contributed by atoms with van der Waals surface area (Å²) < 4.78 is 0. The number of carbonyl (C=O) groups is 1. The van der Waals surface area contributed by atoms with Crippen LogP contribution in [-0.4, -0.2) is 25.0 Å². The van der Waals surface area contributed by atoms with E-state index in [1.165, 1.54) is 5.54 Å². The van der Waals surface area contributed by atoms with Crippen molar-refractivity contribution in [2.24, 2.45) is 0 Å². The van der Waals surface area contributed by atoms with Crippen LogP contribution in [0.15, 0.2) is 11.1 Å². The van der Waals surface area contributed by atoms with Crippen molar-refractivity contribution in [1.29, 1.82) is 0 Å². The Balaban J connectivity index is 3.48. The minimum Gasteiger partial charge on any atom is -0.353 e. The summed E-state index contributed by atoms with van der Waals surface area (Å²) in [6, 6.07) is 0.193. The summed E-state index contributed by atoms with van der Waals surface area (Å²) in [4.78, 5) is 11.1. The van der Waals surface area contributed by atoms with Gasteiger partial charge in [-0.05, 0) is 26.3 Å². The van der Waals surface area contributed by atoms with E-state index in [1.807, 2.05) is 20.8 Å². The maximum Gasteiger partial charge on any atom is 0.234 e. The molecule has 3 nitrogen and oxygen atoms in total. The van der Waals surface area contributed by atoms with Crippen LogP contribution in [0.4, 0.5) is 0 Å². The molecule has 0 saturated carbocycles. The number of rotatable bonds is 5. The molecule has 0 aromatic rings. The fraction of sp³-hybridized carbons (Fsp3) is 0.667. The van der Waals surface area contributed by atoms with Crippen LogP contribution in [0.1, 0.15) is 20.8 Å². The van der Waals surface area contributed by atoms with E-state index in [2.05, 4.69) is 10.6 Å². The van der Waals surface area contributed by atoms with E-state index < -0.39 is 0 Å². The Morgan fingerprint density at radius 2 is 2.08 bits per heavy atom. The van der Waals surface area contributed by atoms with Crippen LogP contribution in [0.5, 0.6) is 0 Å². The lowest BCUT2D eigenvalue weighted by molar-refractivity contribution is -0.120. The summed E-state index contributed by atoms with van der Waals surface area (Å²) in [6.45, 7) is 6.75. The molecule has 13 heavy (non-hydrogen) atoms. The minimum atomic E-state index is 0.0115. The number of nitrogens with one attached hydrogen (secondary N) is 2. The Morgan fingerprint density at radius 1 is 1.46 bits per heavy atom. The normalized spacial score (nSPS) is 11.9. The van der Waals surface area contributed by atoms with E-state index in [0.717, 1.165) is 5.57 Å². The molecule has 0 spiro atoms. The zero-order chi connectivity index (χ0) is 10.3. The molecule has 0 heterocycles. The van der Waals surface area contributed by atoms with Gasteiger partial charge in [-0.3, -0.25) is 4.79 Å². The lowest BCUT2D eigenvalue weighted by Gasteiger charge is -2.08. The maximum atomic E-state index is 11.1. The average molecular weight is 205 g/mol. The first kappa shape index (κ1) is 12.5. The van der Waals surface area contributed by atoms with Crippen molar-refractivity contribution in [3.63, 3.8) is 0 Å². The summed E-state index contributed by atoms with van der Waals surface area (Å²) in [5.41, 5.74) is 2.52. The molecule has 4 heteroatoms. The van der Waals surface area contributed by atoms with Crippen LogP contribution in [0, 0.1) is 0 Å². The molecule has 0 fully saturated rings. The number of halogens is 1. The SMILES string of the molecule is CC(=CCl)CNCC(=O)NC(C)C. The molecule has 0 radical (unpaired) electrons. The molecule has 2 N–H and O–H groups in total. The minimum absolute atomic E-state index is 0.0115. The molecular formula is C9H17ClN2O. The molecule has 0 bridgehead atoms. The molecule has 0 unspecified atom stereocenters. The lowest BCUT2D eigenvalue weighted by atomic mass is 10.3. The third-order valence-corrected chi connectivity index (χ3v) is 1.70. The molecule has 0 aromatic heterocycles. The first-order valence-corrected chi connectivity index (χ1v) is 4.76. The van der Waals surface area contributed by atoms with Gasteiger partial charge in [0.15, 0.2) is 0 Å². The van der Waals surface area contributed by atoms with Crippen molar-refractivity contribution in [2.75, 3.05) is 13.1 Å². The summed E-state index contributed by atoms with van der Waals surface area (Å²) in [5.74, 6) is 0.0115. The second-order valence-electron chi connectivity index (χ2n) is 3.28. The van der Waals surface area contributed by atoms with Gasteiger partial charge in [-0.15, -0.1) is 0 Å². The lowest BCUT2D eigenvalue weighted by Crippen LogP contribution is -2.38. The van der Waals surface area contributed by atoms with Gasteiger partial charge < -0.3 is 10.6 Å². The highest BCUT2D eigenvalue weighted by molar-refractivity contribution is 6.25. The van der Waals surface area contributed by atoms with Gasteiger partial charge in [0, 0.05) is 18.1 Å². The highest BCUT2D eigenvalue weighted by Gasteiger charge is 2.01. The smallest absolute Gasteiger partial charge is 0.234 e. The van der Waals surface area contributed by atoms with E-state index in [-0.39, 0.29) is 11.9 Å². The largest absolute Gasteiger partial charge is 0.353 e. The Kier molecular flexibility index (Phi) is 6.63. The fourth-order valence-electron chi connectivity index (χ4n) is 0.785. The molecular weight excluding hydrogens is 188 g/mol. The Labute approximate surface area is 84.5 Å². The van der Waals surface area contributed by atoms with Crippen molar-refractivity contribution in [1.82, 2.24) is 10.6 Å². The third kappa shape index (κ3) is 7.81. The van der Waals surface area contributed by atoms with Gasteiger partial charge in [0.25, 0.3) is 0 Å². The van der Waals surface area contributed by atoms with Crippen molar-refractivity contribution in [2.45, 2.75) is 26.8 Å². The van der Waals surface area contributed by atoms with E-state index in [4.69, 9.17) is 11.6 Å². The van der Waals surface area contributed by atoms with Gasteiger partial charge in [-0.1, -0.05) is 11.6 Å². The van der Waals surface area contributed by atoms with E-state index >= 15 is 0 Å². The molecule has 0 aliphatic carbocycles. The van der Waals surface area contributed by atoms with Gasteiger partial charge in [0.05, 0.1) is 6.54 Å². The quantitative estimate of drug-likeness (QED) is 0.708. The number of amides is 1. The van der Waals surface area contributed by atoms with Gasteiger partial charge in [-0.25, -0.2) is 0 Å². The van der Waals surface area contributed by atoms with Gasteiger partial charge >= 0.3 is 0 Å². The van der Waals surface area contributed by atoms with Crippen molar-refractivity contribution < 1.29 is 4.79 Å². The Hall–Kier alpha value is -0.540. The second-order valence-corrected chi connectivity index (χ2v) is 3.50. The predicted octanol–water partition coefficient (Wildman–Crippen LogP) is 1.24.